The van der Waals surface area contributed by atoms with Gasteiger partial charge in [0.2, 0.25) is 11.8 Å². The summed E-state index contributed by atoms with van der Waals surface area (Å²) in [6.07, 6.45) is 8.56. The quantitative estimate of drug-likeness (QED) is 0.324. The predicted molar refractivity (Wildman–Crippen MR) is 146 cm³/mol. The van der Waals surface area contributed by atoms with Gasteiger partial charge in [-0.25, -0.2) is 4.79 Å². The third-order valence-electron chi connectivity index (χ3n) is 4.88. The van der Waals surface area contributed by atoms with Crippen LogP contribution >= 0.6 is 0 Å². The van der Waals surface area contributed by atoms with Gasteiger partial charge in [-0.3, -0.25) is 24.4 Å². The second kappa shape index (κ2) is 15.6. The van der Waals surface area contributed by atoms with Crippen molar-refractivity contribution < 1.29 is 28.7 Å². The molecular formula is C28H40N4O6. The lowest BCUT2D eigenvalue weighted by Crippen LogP contribution is -2.29. The minimum Gasteiger partial charge on any atom is -0.460 e. The summed E-state index contributed by atoms with van der Waals surface area (Å²) >= 11 is 0. The Morgan fingerprint density at radius 3 is 1.92 bits per heavy atom. The van der Waals surface area contributed by atoms with Crippen LogP contribution in [-0.2, 0) is 23.9 Å². The molecule has 1 aliphatic rings. The molecule has 1 fully saturated rings. The minimum absolute atomic E-state index is 0.000463. The van der Waals surface area contributed by atoms with Gasteiger partial charge in [0.05, 0.1) is 35.9 Å². The first kappa shape index (κ1) is 32.4. The van der Waals surface area contributed by atoms with Crippen LogP contribution in [-0.4, -0.2) is 53.4 Å². The second-order valence-electron chi connectivity index (χ2n) is 10.4. The van der Waals surface area contributed by atoms with E-state index in [2.05, 4.69) is 25.3 Å². The van der Waals surface area contributed by atoms with Gasteiger partial charge < -0.3 is 20.1 Å². The first-order chi connectivity index (χ1) is 17.8. The lowest BCUT2D eigenvalue weighted by molar-refractivity contribution is -0.137. The van der Waals surface area contributed by atoms with E-state index in [9.17, 15) is 19.2 Å². The van der Waals surface area contributed by atoms with E-state index in [0.717, 1.165) is 18.9 Å². The number of hydrogen-bond acceptors (Lipinski definition) is 8. The molecule has 208 valence electrons. The molecular weight excluding hydrogens is 488 g/mol. The molecule has 0 bridgehead atoms. The van der Waals surface area contributed by atoms with Gasteiger partial charge in [-0.2, -0.15) is 0 Å². The smallest absolute Gasteiger partial charge is 0.379 e. The molecule has 3 heterocycles. The molecule has 3 rings (SSSR count). The minimum atomic E-state index is -0.954. The molecule has 0 aromatic carbocycles. The van der Waals surface area contributed by atoms with Crippen molar-refractivity contribution in [2.75, 3.05) is 30.5 Å². The second-order valence-corrected chi connectivity index (χ2v) is 10.4. The van der Waals surface area contributed by atoms with E-state index in [4.69, 9.17) is 4.74 Å². The first-order valence-corrected chi connectivity index (χ1v) is 12.5. The van der Waals surface area contributed by atoms with Crippen LogP contribution in [0.5, 0.6) is 0 Å². The summed E-state index contributed by atoms with van der Waals surface area (Å²) in [4.78, 5) is 54.6. The van der Waals surface area contributed by atoms with E-state index in [-0.39, 0.29) is 35.1 Å². The van der Waals surface area contributed by atoms with Crippen molar-refractivity contribution in [1.29, 1.82) is 0 Å². The average molecular weight is 529 g/mol. The van der Waals surface area contributed by atoms with Gasteiger partial charge in [-0.15, -0.1) is 0 Å². The van der Waals surface area contributed by atoms with Crippen LogP contribution in [0, 0.1) is 10.8 Å². The lowest BCUT2D eigenvalue weighted by Gasteiger charge is -2.18. The predicted octanol–water partition coefficient (Wildman–Crippen LogP) is 4.68. The molecule has 2 N–H and O–H groups in total. The summed E-state index contributed by atoms with van der Waals surface area (Å²) in [5, 5.41) is 5.38. The highest BCUT2D eigenvalue weighted by atomic mass is 16.5. The summed E-state index contributed by atoms with van der Waals surface area (Å²) in [6.45, 7) is 14.6. The number of ketones is 1. The maximum absolute atomic E-state index is 11.9. The Bertz CT molecular complexity index is 1050. The highest BCUT2D eigenvalue weighted by Crippen LogP contribution is 2.20. The van der Waals surface area contributed by atoms with Crippen molar-refractivity contribution in [3.63, 3.8) is 0 Å². The average Bonchev–Trinajstić information content (AvgIpc) is 3.44. The maximum atomic E-state index is 11.9. The molecule has 10 heteroatoms. The number of carbonyl (C=O) groups excluding carboxylic acids is 4. The van der Waals surface area contributed by atoms with Crippen molar-refractivity contribution in [3.8, 4) is 0 Å². The Morgan fingerprint density at radius 2 is 1.45 bits per heavy atom. The molecule has 0 saturated carbocycles. The van der Waals surface area contributed by atoms with Gasteiger partial charge in [0.1, 0.15) is 0 Å². The van der Waals surface area contributed by atoms with Crippen LogP contribution in [0.1, 0.15) is 71.7 Å². The fourth-order valence-corrected chi connectivity index (χ4v) is 2.57. The molecule has 1 aliphatic heterocycles. The summed E-state index contributed by atoms with van der Waals surface area (Å²) in [5.74, 6) is -2.03. The topological polar surface area (TPSA) is 137 Å². The van der Waals surface area contributed by atoms with E-state index in [1.54, 1.807) is 46.2 Å². The molecule has 10 nitrogen and oxygen atoms in total. The van der Waals surface area contributed by atoms with Gasteiger partial charge in [0.25, 0.3) is 5.78 Å². The molecule has 0 atom stereocenters. The number of Topliss-reactive ketones (excluding diaryl/α,β-unsaturated/α-hetero) is 1. The monoisotopic (exact) mass is 528 g/mol. The highest BCUT2D eigenvalue weighted by molar-refractivity contribution is 6.42. The standard InChI is InChI=1S/C14H18N2O4.C10H14N2O.C4H8O/c1-5-20-12(18)11(17)9-6-7-15-8-10(9)16-13(19)14(2,3)4;1-10(2,3)9(13)12-8-5-4-6-11-7-8;1-2-4-5-3-1/h6-8H,5H2,1-4H3,(H,16,19);4-7H,1-3H3,(H,12,13);1-4H2. The number of esters is 1. The van der Waals surface area contributed by atoms with Gasteiger partial charge in [-0.05, 0) is 38.0 Å². The van der Waals surface area contributed by atoms with Gasteiger partial charge in [0.15, 0.2) is 0 Å². The van der Waals surface area contributed by atoms with Crippen molar-refractivity contribution in [2.45, 2.75) is 61.3 Å². The number of aromatic nitrogens is 2. The van der Waals surface area contributed by atoms with Crippen LogP contribution in [0.2, 0.25) is 0 Å². The molecule has 38 heavy (non-hydrogen) atoms. The van der Waals surface area contributed by atoms with Crippen LogP contribution < -0.4 is 10.6 Å². The summed E-state index contributed by atoms with van der Waals surface area (Å²) in [7, 11) is 0. The van der Waals surface area contributed by atoms with Gasteiger partial charge in [-0.1, -0.05) is 41.5 Å². The van der Waals surface area contributed by atoms with Crippen molar-refractivity contribution in [3.05, 3.63) is 48.5 Å². The molecule has 0 spiro atoms. The van der Waals surface area contributed by atoms with Crippen molar-refractivity contribution in [2.24, 2.45) is 10.8 Å². The number of amides is 2. The Labute approximate surface area is 224 Å². The molecule has 2 aromatic rings. The SMILES string of the molecule is C1CCOC1.CC(C)(C)C(=O)Nc1cccnc1.CCOC(=O)C(=O)c1ccncc1NC(=O)C(C)(C)C. The number of ether oxygens (including phenoxy) is 2. The van der Waals surface area contributed by atoms with E-state index in [1.165, 1.54) is 31.3 Å². The van der Waals surface area contributed by atoms with Crippen molar-refractivity contribution in [1.82, 2.24) is 9.97 Å². The van der Waals surface area contributed by atoms with E-state index in [0.29, 0.717) is 0 Å². The number of carbonyl (C=O) groups is 4. The Balaban J connectivity index is 0.000000339. The first-order valence-electron chi connectivity index (χ1n) is 12.5. The Hall–Kier alpha value is -3.66. The van der Waals surface area contributed by atoms with E-state index in [1.807, 2.05) is 26.8 Å². The molecule has 2 amide bonds. The number of hydrogen-bond donors (Lipinski definition) is 2. The van der Waals surface area contributed by atoms with Crippen LogP contribution in [0.15, 0.2) is 43.0 Å². The fraction of sp³-hybridized carbons (Fsp3) is 0.500. The Morgan fingerprint density at radius 1 is 0.868 bits per heavy atom. The zero-order valence-electron chi connectivity index (χ0n) is 23.4. The Kier molecular flexibility index (Phi) is 13.3. The van der Waals surface area contributed by atoms with Crippen LogP contribution in [0.25, 0.3) is 0 Å². The summed E-state index contributed by atoms with van der Waals surface area (Å²) in [6, 6.07) is 4.98. The number of anilines is 2. The third kappa shape index (κ3) is 12.1. The third-order valence-corrected chi connectivity index (χ3v) is 4.88. The maximum Gasteiger partial charge on any atom is 0.379 e. The van der Waals surface area contributed by atoms with Gasteiger partial charge in [0, 0.05) is 36.4 Å². The summed E-state index contributed by atoms with van der Waals surface area (Å²) in [5.41, 5.74) is 0.0135. The normalized spacial score (nSPS) is 12.6. The fourth-order valence-electron chi connectivity index (χ4n) is 2.57. The largest absolute Gasteiger partial charge is 0.460 e. The molecule has 0 unspecified atom stereocenters. The molecule has 0 radical (unpaired) electrons. The zero-order valence-corrected chi connectivity index (χ0v) is 23.4. The van der Waals surface area contributed by atoms with Crippen LogP contribution in [0.3, 0.4) is 0 Å². The lowest BCUT2D eigenvalue weighted by atomic mass is 9.95. The number of rotatable bonds is 5. The number of nitrogens with zero attached hydrogens (tertiary/aromatic N) is 2. The molecule has 2 aromatic heterocycles. The molecule has 0 aliphatic carbocycles. The van der Waals surface area contributed by atoms with E-state index < -0.39 is 17.2 Å². The number of nitrogens with one attached hydrogen (secondary N) is 2. The van der Waals surface area contributed by atoms with Crippen molar-refractivity contribution >= 4 is 34.9 Å². The van der Waals surface area contributed by atoms with Gasteiger partial charge >= 0.3 is 5.97 Å². The number of pyridine rings is 2. The van der Waals surface area contributed by atoms with E-state index >= 15 is 0 Å². The zero-order chi connectivity index (χ0) is 28.8. The highest BCUT2D eigenvalue weighted by Gasteiger charge is 2.26. The summed E-state index contributed by atoms with van der Waals surface area (Å²) < 4.78 is 9.61. The van der Waals surface area contributed by atoms with Crippen LogP contribution in [0.4, 0.5) is 11.4 Å². The molecule has 1 saturated heterocycles.